The van der Waals surface area contributed by atoms with Gasteiger partial charge in [0.2, 0.25) is 0 Å². The third-order valence-electron chi connectivity index (χ3n) is 6.35. The van der Waals surface area contributed by atoms with Gasteiger partial charge in [-0.15, -0.1) is 0 Å². The van der Waals surface area contributed by atoms with Crippen molar-refractivity contribution in [2.45, 2.75) is 13.0 Å². The molecule has 0 saturated carbocycles. The van der Waals surface area contributed by atoms with Crippen LogP contribution in [-0.2, 0) is 20.1 Å². The van der Waals surface area contributed by atoms with Crippen LogP contribution < -0.4 is 4.90 Å². The first-order valence-corrected chi connectivity index (χ1v) is 11.3. The van der Waals surface area contributed by atoms with Crippen LogP contribution in [0.1, 0.15) is 21.7 Å². The molecule has 0 bridgehead atoms. The van der Waals surface area contributed by atoms with E-state index in [2.05, 4.69) is 31.9 Å². The monoisotopic (exact) mass is 457 g/mol. The van der Waals surface area contributed by atoms with Crippen LogP contribution in [0, 0.1) is 0 Å². The number of carbonyl (C=O) groups is 1. The van der Waals surface area contributed by atoms with Crippen molar-refractivity contribution in [2.24, 2.45) is 7.05 Å². The number of nitrogens with zero attached hydrogens (tertiary/aromatic N) is 7. The van der Waals surface area contributed by atoms with Gasteiger partial charge in [-0.1, -0.05) is 0 Å². The molecule has 0 radical (unpaired) electrons. The number of hydrogen-bond acceptors (Lipinski definition) is 8. The fourth-order valence-electron chi connectivity index (χ4n) is 4.24. The molecule has 34 heavy (non-hydrogen) atoms. The SMILES string of the molecule is CN1CCN(c2cc(C(=O)Cc3cc4nc(-c5cnn(C)c5CO)ccc4cn3)ccn2)CC1. The van der Waals surface area contributed by atoms with Crippen LogP contribution in [0.2, 0.25) is 0 Å². The third-order valence-corrected chi connectivity index (χ3v) is 6.35. The molecule has 1 fully saturated rings. The molecule has 4 aromatic heterocycles. The second-order valence-corrected chi connectivity index (χ2v) is 8.64. The first kappa shape index (κ1) is 22.1. The summed E-state index contributed by atoms with van der Waals surface area (Å²) in [6.07, 6.45) is 5.33. The van der Waals surface area contributed by atoms with Gasteiger partial charge in [0, 0.05) is 62.1 Å². The first-order chi connectivity index (χ1) is 16.5. The maximum atomic E-state index is 13.1. The van der Waals surface area contributed by atoms with Crippen LogP contribution in [-0.4, -0.2) is 73.7 Å². The second-order valence-electron chi connectivity index (χ2n) is 8.64. The Morgan fingerprint density at radius 3 is 2.65 bits per heavy atom. The van der Waals surface area contributed by atoms with E-state index in [4.69, 9.17) is 4.98 Å². The number of likely N-dealkylation sites (N-methyl/N-ethyl adjacent to an activating group) is 1. The lowest BCUT2D eigenvalue weighted by Gasteiger charge is -2.33. The van der Waals surface area contributed by atoms with Crippen LogP contribution in [0.25, 0.3) is 22.2 Å². The number of aliphatic hydroxyl groups is 1. The number of Topliss-reactive ketones (excluding diaryl/α,β-unsaturated/α-hetero) is 1. The van der Waals surface area contributed by atoms with Crippen molar-refractivity contribution in [3.63, 3.8) is 0 Å². The number of ketones is 1. The van der Waals surface area contributed by atoms with Gasteiger partial charge in [-0.25, -0.2) is 9.97 Å². The molecule has 5 rings (SSSR count). The van der Waals surface area contributed by atoms with Crippen molar-refractivity contribution in [3.8, 4) is 11.3 Å². The van der Waals surface area contributed by atoms with E-state index in [-0.39, 0.29) is 18.8 Å². The highest BCUT2D eigenvalue weighted by Gasteiger charge is 2.17. The molecule has 1 aliphatic rings. The predicted molar refractivity (Wildman–Crippen MR) is 130 cm³/mol. The molecular weight excluding hydrogens is 430 g/mol. The topological polar surface area (TPSA) is 100 Å². The van der Waals surface area contributed by atoms with Crippen LogP contribution in [0.5, 0.6) is 0 Å². The molecule has 0 spiro atoms. The number of piperazine rings is 1. The highest BCUT2D eigenvalue weighted by molar-refractivity contribution is 5.98. The maximum absolute atomic E-state index is 13.1. The summed E-state index contributed by atoms with van der Waals surface area (Å²) in [4.78, 5) is 31.3. The first-order valence-electron chi connectivity index (χ1n) is 11.3. The van der Waals surface area contributed by atoms with E-state index < -0.39 is 0 Å². The smallest absolute Gasteiger partial charge is 0.169 e. The molecule has 9 heteroatoms. The Hall–Kier alpha value is -3.69. The van der Waals surface area contributed by atoms with Crippen LogP contribution in [0.15, 0.2) is 48.9 Å². The molecule has 0 amide bonds. The van der Waals surface area contributed by atoms with E-state index in [0.717, 1.165) is 54.2 Å². The summed E-state index contributed by atoms with van der Waals surface area (Å²) < 4.78 is 1.64. The number of hydrogen-bond donors (Lipinski definition) is 1. The van der Waals surface area contributed by atoms with Crippen molar-refractivity contribution in [1.29, 1.82) is 0 Å². The largest absolute Gasteiger partial charge is 0.390 e. The Morgan fingerprint density at radius 1 is 1.03 bits per heavy atom. The number of carbonyl (C=O) groups excluding carboxylic acids is 1. The summed E-state index contributed by atoms with van der Waals surface area (Å²) in [6.45, 7) is 3.64. The van der Waals surface area contributed by atoms with Gasteiger partial charge in [-0.3, -0.25) is 14.5 Å². The molecule has 0 aliphatic carbocycles. The van der Waals surface area contributed by atoms with Crippen molar-refractivity contribution >= 4 is 22.5 Å². The Labute approximate surface area is 197 Å². The fourth-order valence-corrected chi connectivity index (χ4v) is 4.24. The van der Waals surface area contributed by atoms with Crippen molar-refractivity contribution in [1.82, 2.24) is 29.6 Å². The zero-order chi connectivity index (χ0) is 23.7. The van der Waals surface area contributed by atoms with Crippen LogP contribution >= 0.6 is 0 Å². The standard InChI is InChI=1S/C25H27N7O2/c1-30-7-9-32(10-8-30)25-11-17(5-6-26-25)24(34)13-19-12-22-18(14-27-19)3-4-21(29-22)20-15-28-31(2)23(20)16-33/h3-6,11-12,14-15,33H,7-10,13,16H2,1-2H3. The highest BCUT2D eigenvalue weighted by atomic mass is 16.3. The highest BCUT2D eigenvalue weighted by Crippen LogP contribution is 2.24. The summed E-state index contributed by atoms with van der Waals surface area (Å²) >= 11 is 0. The number of aryl methyl sites for hydroxylation is 1. The molecule has 0 atom stereocenters. The van der Waals surface area contributed by atoms with Crippen LogP contribution in [0.3, 0.4) is 0 Å². The van der Waals surface area contributed by atoms with E-state index in [1.54, 1.807) is 36.4 Å². The Kier molecular flexibility index (Phi) is 6.04. The van der Waals surface area contributed by atoms with Crippen LogP contribution in [0.4, 0.5) is 5.82 Å². The van der Waals surface area contributed by atoms with Gasteiger partial charge in [0.05, 0.1) is 41.8 Å². The number of anilines is 1. The Morgan fingerprint density at radius 2 is 1.85 bits per heavy atom. The van der Waals surface area contributed by atoms with E-state index in [0.29, 0.717) is 17.0 Å². The predicted octanol–water partition coefficient (Wildman–Crippen LogP) is 2.09. The van der Waals surface area contributed by atoms with E-state index >= 15 is 0 Å². The number of fused-ring (bicyclic) bond motifs is 1. The normalized spacial score (nSPS) is 14.6. The lowest BCUT2D eigenvalue weighted by atomic mass is 10.1. The Bertz CT molecular complexity index is 1340. The molecule has 174 valence electrons. The average molecular weight is 458 g/mol. The second kappa shape index (κ2) is 9.28. The molecule has 1 aliphatic heterocycles. The molecular formula is C25H27N7O2. The molecule has 1 saturated heterocycles. The van der Waals surface area contributed by atoms with Gasteiger partial charge in [0.15, 0.2) is 5.78 Å². The summed E-state index contributed by atoms with van der Waals surface area (Å²) in [5, 5.41) is 14.8. The summed E-state index contributed by atoms with van der Waals surface area (Å²) in [5.74, 6) is 0.837. The van der Waals surface area contributed by atoms with E-state index in [1.165, 1.54) is 0 Å². The number of rotatable bonds is 6. The van der Waals surface area contributed by atoms with E-state index in [9.17, 15) is 9.90 Å². The summed E-state index contributed by atoms with van der Waals surface area (Å²) in [5.41, 5.74) is 4.25. The minimum absolute atomic E-state index is 0.00407. The number of pyridine rings is 3. The molecule has 0 aromatic carbocycles. The average Bonchev–Trinajstić information content (AvgIpc) is 3.24. The molecule has 9 nitrogen and oxygen atoms in total. The lowest BCUT2D eigenvalue weighted by Crippen LogP contribution is -2.44. The summed E-state index contributed by atoms with van der Waals surface area (Å²) in [7, 11) is 3.90. The van der Waals surface area contributed by atoms with Gasteiger partial charge in [0.25, 0.3) is 0 Å². The maximum Gasteiger partial charge on any atom is 0.169 e. The van der Waals surface area contributed by atoms with Gasteiger partial charge in [-0.05, 0) is 37.4 Å². The molecule has 0 unspecified atom stereocenters. The Balaban J connectivity index is 1.37. The van der Waals surface area contributed by atoms with E-state index in [1.807, 2.05) is 24.3 Å². The third kappa shape index (κ3) is 4.40. The van der Waals surface area contributed by atoms with Crippen molar-refractivity contribution in [3.05, 3.63) is 65.9 Å². The molecule has 1 N–H and O–H groups in total. The minimum Gasteiger partial charge on any atom is -0.390 e. The summed E-state index contributed by atoms with van der Waals surface area (Å²) in [6, 6.07) is 9.33. The lowest BCUT2D eigenvalue weighted by molar-refractivity contribution is 0.0992. The van der Waals surface area contributed by atoms with Gasteiger partial charge in [-0.2, -0.15) is 5.10 Å². The van der Waals surface area contributed by atoms with Gasteiger partial charge < -0.3 is 14.9 Å². The van der Waals surface area contributed by atoms with Crippen molar-refractivity contribution in [2.75, 3.05) is 38.1 Å². The zero-order valence-corrected chi connectivity index (χ0v) is 19.3. The van der Waals surface area contributed by atoms with Crippen molar-refractivity contribution < 1.29 is 9.90 Å². The minimum atomic E-state index is -0.121. The molecule has 5 heterocycles. The number of aromatic nitrogens is 5. The van der Waals surface area contributed by atoms with Gasteiger partial charge in [0.1, 0.15) is 5.82 Å². The molecule has 4 aromatic rings. The quantitative estimate of drug-likeness (QED) is 0.440. The number of aliphatic hydroxyl groups excluding tert-OH is 1. The van der Waals surface area contributed by atoms with Gasteiger partial charge >= 0.3 is 0 Å². The zero-order valence-electron chi connectivity index (χ0n) is 19.3. The fraction of sp³-hybridized carbons (Fsp3) is 0.320.